The van der Waals surface area contributed by atoms with Crippen LogP contribution in [0.1, 0.15) is 58.2 Å². The monoisotopic (exact) mass is 388 g/mol. The highest BCUT2D eigenvalue weighted by Crippen LogP contribution is 2.42. The largest absolute Gasteiger partial charge is 0.478 e. The predicted octanol–water partition coefficient (Wildman–Crippen LogP) is 5.65. The highest BCUT2D eigenvalue weighted by Gasteiger charge is 2.38. The lowest BCUT2D eigenvalue weighted by atomic mass is 9.73. The molecule has 0 heterocycles. The molecular weight excluding hydrogens is 364 g/mol. The summed E-state index contributed by atoms with van der Waals surface area (Å²) in [4.78, 5) is 24.2. The number of ether oxygens (including phenoxy) is 1. The topological polar surface area (TPSA) is 63.6 Å². The molecule has 1 N–H and O–H groups in total. The van der Waals surface area contributed by atoms with Crippen LogP contribution in [0.4, 0.5) is 0 Å². The second-order valence-corrected chi connectivity index (χ2v) is 7.22. The lowest BCUT2D eigenvalue weighted by Gasteiger charge is -2.37. The SMILES string of the molecule is CC[C@@](C)(c1ccccc1)[C@@H](OC(=O)c1cccc(C(=O)O)c1)c1ccccc1. The Morgan fingerprint density at radius 1 is 0.897 bits per heavy atom. The van der Waals surface area contributed by atoms with Crippen molar-refractivity contribution in [2.75, 3.05) is 0 Å². The van der Waals surface area contributed by atoms with Crippen LogP contribution in [0.25, 0.3) is 0 Å². The number of carbonyl (C=O) groups is 2. The molecule has 0 aromatic heterocycles. The first kappa shape index (κ1) is 20.3. The molecule has 3 aromatic rings. The van der Waals surface area contributed by atoms with Crippen molar-refractivity contribution in [1.29, 1.82) is 0 Å². The number of hydrogen-bond acceptors (Lipinski definition) is 3. The molecule has 0 radical (unpaired) electrons. The third kappa shape index (κ3) is 4.37. The Kier molecular flexibility index (Phi) is 6.13. The molecule has 0 unspecified atom stereocenters. The number of carboxylic acid groups (broad SMARTS) is 1. The van der Waals surface area contributed by atoms with Gasteiger partial charge in [-0.15, -0.1) is 0 Å². The fraction of sp³-hybridized carbons (Fsp3) is 0.200. The Balaban J connectivity index is 2.02. The quantitative estimate of drug-likeness (QED) is 0.531. The molecule has 0 saturated heterocycles. The van der Waals surface area contributed by atoms with Gasteiger partial charge in [0.15, 0.2) is 0 Å². The van der Waals surface area contributed by atoms with E-state index >= 15 is 0 Å². The first-order valence-electron chi connectivity index (χ1n) is 9.60. The minimum absolute atomic E-state index is 0.0528. The summed E-state index contributed by atoms with van der Waals surface area (Å²) in [5.74, 6) is -1.63. The van der Waals surface area contributed by atoms with Crippen molar-refractivity contribution in [1.82, 2.24) is 0 Å². The molecule has 2 atom stereocenters. The molecule has 3 rings (SSSR count). The molecule has 4 heteroatoms. The fourth-order valence-corrected chi connectivity index (χ4v) is 3.51. The van der Waals surface area contributed by atoms with Crippen molar-refractivity contribution in [3.8, 4) is 0 Å². The van der Waals surface area contributed by atoms with Crippen LogP contribution in [0.5, 0.6) is 0 Å². The third-order valence-corrected chi connectivity index (χ3v) is 5.42. The Hall–Kier alpha value is -3.40. The van der Waals surface area contributed by atoms with Gasteiger partial charge >= 0.3 is 11.9 Å². The van der Waals surface area contributed by atoms with Gasteiger partial charge in [0.05, 0.1) is 11.1 Å². The van der Waals surface area contributed by atoms with Gasteiger partial charge in [-0.05, 0) is 35.7 Å². The van der Waals surface area contributed by atoms with Gasteiger partial charge in [-0.25, -0.2) is 9.59 Å². The number of benzene rings is 3. The third-order valence-electron chi connectivity index (χ3n) is 5.42. The van der Waals surface area contributed by atoms with E-state index in [-0.39, 0.29) is 11.1 Å². The standard InChI is InChI=1S/C25H24O4/c1-3-25(2,21-15-8-5-9-16-21)22(18-11-6-4-7-12-18)29-24(28)20-14-10-13-19(17-20)23(26)27/h4-17,22H,3H2,1-2H3,(H,26,27)/t22-,25-/m0/s1. The van der Waals surface area contributed by atoms with Crippen molar-refractivity contribution in [2.24, 2.45) is 0 Å². The summed E-state index contributed by atoms with van der Waals surface area (Å²) in [6.07, 6.45) is 0.219. The zero-order valence-electron chi connectivity index (χ0n) is 16.5. The maximum atomic E-state index is 13.0. The minimum Gasteiger partial charge on any atom is -0.478 e. The van der Waals surface area contributed by atoms with Crippen molar-refractivity contribution < 1.29 is 19.4 Å². The molecule has 0 aliphatic rings. The average Bonchev–Trinajstić information content (AvgIpc) is 2.78. The number of carboxylic acids is 1. The molecule has 4 nitrogen and oxygen atoms in total. The van der Waals surface area contributed by atoms with E-state index in [0.717, 1.165) is 17.5 Å². The van der Waals surface area contributed by atoms with Gasteiger partial charge in [0.1, 0.15) is 6.10 Å². The zero-order valence-corrected chi connectivity index (χ0v) is 16.5. The lowest BCUT2D eigenvalue weighted by Crippen LogP contribution is -2.33. The maximum absolute atomic E-state index is 13.0. The molecule has 29 heavy (non-hydrogen) atoms. The normalized spacial score (nSPS) is 13.9. The number of esters is 1. The van der Waals surface area contributed by atoms with Crippen molar-refractivity contribution in [3.05, 3.63) is 107 Å². The molecule has 0 aliphatic carbocycles. The van der Waals surface area contributed by atoms with Crippen LogP contribution in [-0.2, 0) is 10.2 Å². The molecule has 0 bridgehead atoms. The van der Waals surface area contributed by atoms with Gasteiger partial charge in [0, 0.05) is 5.41 Å². The van der Waals surface area contributed by atoms with Crippen LogP contribution >= 0.6 is 0 Å². The second-order valence-electron chi connectivity index (χ2n) is 7.22. The minimum atomic E-state index is -1.08. The van der Waals surface area contributed by atoms with E-state index in [4.69, 9.17) is 4.74 Å². The summed E-state index contributed by atoms with van der Waals surface area (Å²) >= 11 is 0. The molecule has 0 amide bonds. The lowest BCUT2D eigenvalue weighted by molar-refractivity contribution is 0.00598. The van der Waals surface area contributed by atoms with Gasteiger partial charge < -0.3 is 9.84 Å². The molecular formula is C25H24O4. The van der Waals surface area contributed by atoms with E-state index < -0.39 is 23.5 Å². The van der Waals surface area contributed by atoms with Crippen LogP contribution in [0.15, 0.2) is 84.9 Å². The van der Waals surface area contributed by atoms with Gasteiger partial charge in [0.25, 0.3) is 0 Å². The summed E-state index contributed by atoms with van der Waals surface area (Å²) in [5.41, 5.74) is 1.78. The van der Waals surface area contributed by atoms with Gasteiger partial charge in [-0.1, -0.05) is 80.6 Å². The molecule has 3 aromatic carbocycles. The van der Waals surface area contributed by atoms with E-state index in [0.29, 0.717) is 0 Å². The smallest absolute Gasteiger partial charge is 0.338 e. The Labute approximate surface area is 170 Å². The van der Waals surface area contributed by atoms with E-state index in [1.54, 1.807) is 12.1 Å². The van der Waals surface area contributed by atoms with E-state index in [1.165, 1.54) is 12.1 Å². The molecule has 0 spiro atoms. The first-order valence-corrected chi connectivity index (χ1v) is 9.60. The maximum Gasteiger partial charge on any atom is 0.338 e. The predicted molar refractivity (Wildman–Crippen MR) is 112 cm³/mol. The van der Waals surface area contributed by atoms with E-state index in [9.17, 15) is 14.7 Å². The number of aromatic carboxylic acids is 1. The van der Waals surface area contributed by atoms with E-state index in [1.807, 2.05) is 60.7 Å². The van der Waals surface area contributed by atoms with Crippen molar-refractivity contribution in [3.63, 3.8) is 0 Å². The van der Waals surface area contributed by atoms with Crippen LogP contribution in [0.2, 0.25) is 0 Å². The highest BCUT2D eigenvalue weighted by molar-refractivity contribution is 5.94. The summed E-state index contributed by atoms with van der Waals surface area (Å²) in [6.45, 7) is 4.16. The van der Waals surface area contributed by atoms with Crippen LogP contribution in [0.3, 0.4) is 0 Å². The van der Waals surface area contributed by atoms with Crippen LogP contribution in [-0.4, -0.2) is 17.0 Å². The second kappa shape index (κ2) is 8.74. The molecule has 0 saturated carbocycles. The number of rotatable bonds is 7. The Bertz CT molecular complexity index is 982. The summed E-state index contributed by atoms with van der Waals surface area (Å²) in [6, 6.07) is 25.6. The highest BCUT2D eigenvalue weighted by atomic mass is 16.5. The summed E-state index contributed by atoms with van der Waals surface area (Å²) in [7, 11) is 0. The van der Waals surface area contributed by atoms with Crippen LogP contribution < -0.4 is 0 Å². The van der Waals surface area contributed by atoms with Crippen LogP contribution in [0, 0.1) is 0 Å². The zero-order chi connectivity index (χ0) is 20.9. The van der Waals surface area contributed by atoms with Gasteiger partial charge in [-0.2, -0.15) is 0 Å². The van der Waals surface area contributed by atoms with Gasteiger partial charge in [0.2, 0.25) is 0 Å². The molecule has 0 aliphatic heterocycles. The van der Waals surface area contributed by atoms with E-state index in [2.05, 4.69) is 13.8 Å². The summed E-state index contributed by atoms with van der Waals surface area (Å²) in [5, 5.41) is 9.21. The number of carbonyl (C=O) groups excluding carboxylic acids is 1. The summed E-state index contributed by atoms with van der Waals surface area (Å²) < 4.78 is 6.04. The molecule has 148 valence electrons. The fourth-order valence-electron chi connectivity index (χ4n) is 3.51. The number of hydrogen-bond donors (Lipinski definition) is 1. The first-order chi connectivity index (χ1) is 14.0. The van der Waals surface area contributed by atoms with Gasteiger partial charge in [-0.3, -0.25) is 0 Å². The van der Waals surface area contributed by atoms with Crippen molar-refractivity contribution in [2.45, 2.75) is 31.8 Å². The molecule has 0 fully saturated rings. The van der Waals surface area contributed by atoms with Crippen molar-refractivity contribution >= 4 is 11.9 Å². The average molecular weight is 388 g/mol. The Morgan fingerprint density at radius 2 is 1.48 bits per heavy atom. The Morgan fingerprint density at radius 3 is 2.07 bits per heavy atom.